The van der Waals surface area contributed by atoms with E-state index in [9.17, 15) is 24.0 Å². The number of nitrogens with zero attached hydrogens (tertiary/aromatic N) is 9. The van der Waals surface area contributed by atoms with Crippen molar-refractivity contribution in [1.29, 1.82) is 0 Å². The summed E-state index contributed by atoms with van der Waals surface area (Å²) in [5.41, 5.74) is 0.910. The average molecular weight is 1190 g/mol. The van der Waals surface area contributed by atoms with E-state index < -0.39 is 23.2 Å². The number of hydrogen-bond acceptors (Lipinski definition) is 17. The Morgan fingerprint density at radius 3 is 2.34 bits per heavy atom. The summed E-state index contributed by atoms with van der Waals surface area (Å²) in [5.74, 6) is 0.426. The first-order chi connectivity index (χ1) is 41.1. The second-order valence-corrected chi connectivity index (χ2v) is 25.8. The van der Waals surface area contributed by atoms with E-state index in [4.69, 9.17) is 9.72 Å². The number of benzene rings is 2. The van der Waals surface area contributed by atoms with Gasteiger partial charge >= 0.3 is 0 Å². The number of carbonyl (C=O) groups is 5. The molecule has 4 aromatic rings. The Bertz CT molecular complexity index is 2950. The van der Waals surface area contributed by atoms with Crippen LogP contribution in [0.2, 0.25) is 0 Å². The molecule has 1 saturated carbocycles. The highest BCUT2D eigenvalue weighted by molar-refractivity contribution is 7.10. The zero-order valence-electron chi connectivity index (χ0n) is 49.8. The number of anilines is 3. The van der Waals surface area contributed by atoms with Crippen LogP contribution in [0.1, 0.15) is 124 Å². The first-order valence-corrected chi connectivity index (χ1v) is 31.7. The number of piperazine rings is 2. The molecular weight excluding hydrogens is 1110 g/mol. The zero-order valence-corrected chi connectivity index (χ0v) is 50.6. The van der Waals surface area contributed by atoms with Gasteiger partial charge in [-0.25, -0.2) is 23.7 Å². The number of likely N-dealkylation sites (tertiary alicyclic amines) is 2. The minimum Gasteiger partial charge on any atom is -0.492 e. The molecule has 5 aliphatic heterocycles. The van der Waals surface area contributed by atoms with Crippen LogP contribution in [0.25, 0.3) is 0 Å². The van der Waals surface area contributed by atoms with Crippen LogP contribution in [0.15, 0.2) is 54.2 Å². The van der Waals surface area contributed by atoms with Crippen LogP contribution >= 0.6 is 11.3 Å². The van der Waals surface area contributed by atoms with Crippen molar-refractivity contribution in [1.82, 2.24) is 55.8 Å². The van der Waals surface area contributed by atoms with Gasteiger partial charge < -0.3 is 50.9 Å². The molecule has 85 heavy (non-hydrogen) atoms. The van der Waals surface area contributed by atoms with Gasteiger partial charge in [-0.1, -0.05) is 45.2 Å². The van der Waals surface area contributed by atoms with E-state index in [1.165, 1.54) is 23.5 Å². The number of halogens is 2. The number of likely N-dealkylation sites (N-methyl/N-ethyl adjacent to an activating group) is 1. The van der Waals surface area contributed by atoms with E-state index in [-0.39, 0.29) is 72.2 Å². The number of ketones is 1. The number of nitrogens with one attached hydrogen (secondary N) is 5. The number of carbonyl (C=O) groups excluding carboxylic acids is 5. The van der Waals surface area contributed by atoms with Crippen LogP contribution in [0.4, 0.5) is 26.1 Å². The van der Waals surface area contributed by atoms with Crippen LogP contribution in [0, 0.1) is 23.0 Å². The van der Waals surface area contributed by atoms with Crippen LogP contribution in [0.5, 0.6) is 5.75 Å². The van der Waals surface area contributed by atoms with Crippen LogP contribution in [-0.4, -0.2) is 194 Å². The van der Waals surface area contributed by atoms with Crippen LogP contribution < -0.4 is 41.1 Å². The number of aromatic nitrogens is 3. The van der Waals surface area contributed by atoms with Crippen molar-refractivity contribution in [3.63, 3.8) is 0 Å². The number of piperidine rings is 2. The normalized spacial score (nSPS) is 20.9. The summed E-state index contributed by atoms with van der Waals surface area (Å²) in [6, 6.07) is 10.7. The lowest BCUT2D eigenvalue weighted by molar-refractivity contribution is -0.139. The lowest BCUT2D eigenvalue weighted by Gasteiger charge is -2.48. The molecule has 0 bridgehead atoms. The molecule has 2 aromatic heterocycles. The summed E-state index contributed by atoms with van der Waals surface area (Å²) in [5, 5.41) is 18.0. The molecule has 0 unspecified atom stereocenters. The Balaban J connectivity index is 0.602. The van der Waals surface area contributed by atoms with E-state index in [0.717, 1.165) is 115 Å². The molecule has 23 heteroatoms. The fourth-order valence-corrected chi connectivity index (χ4v) is 14.1. The van der Waals surface area contributed by atoms with Gasteiger partial charge in [0.1, 0.15) is 58.7 Å². The van der Waals surface area contributed by atoms with Gasteiger partial charge in [0.25, 0.3) is 0 Å². The number of thiazole rings is 1. The Morgan fingerprint density at radius 2 is 1.58 bits per heavy atom. The standard InChI is InChI=1S/C62H86F2N14O6S/c1-61(2)15-23-75(24-16-61)38-45-34-48(64)51(35-47(45)63)77-39-56(81)72-62(41-77)17-25-76(26-18-62)53-36-52(68-42-69-53)66-19-27-74-30-28-73(29-31-74)22-14-54(79)67-20-32-84-46-12-7-11-44(33-46)58(82)49-40-85-59(70-49)50-13-8-21-78(50)60(83)57(71-55(80)37-65-3)43-9-5-4-6-10-43/h7,11-12,33-36,40,42-43,50,57,65H,4-6,8-10,13-32,37-39,41H2,1-3H3,(H,67,79)(H,71,80)(H,72,81)(H,66,68,69)/t50-,57-/m0/s1. The third-order valence-electron chi connectivity index (χ3n) is 18.2. The summed E-state index contributed by atoms with van der Waals surface area (Å²) in [7, 11) is 1.71. The molecule has 10 rings (SSSR count). The Labute approximate surface area is 502 Å². The van der Waals surface area contributed by atoms with E-state index in [1.54, 1.807) is 47.9 Å². The number of rotatable bonds is 23. The van der Waals surface area contributed by atoms with E-state index in [2.05, 4.69) is 70.0 Å². The van der Waals surface area contributed by atoms with Gasteiger partial charge in [0.05, 0.1) is 36.9 Å². The molecule has 5 saturated heterocycles. The second-order valence-electron chi connectivity index (χ2n) is 24.9. The topological polar surface area (TPSA) is 213 Å². The van der Waals surface area contributed by atoms with Crippen molar-refractivity contribution in [3.8, 4) is 5.75 Å². The van der Waals surface area contributed by atoms with Gasteiger partial charge in [-0.2, -0.15) is 0 Å². The minimum absolute atomic E-state index is 0.0291. The maximum atomic E-state index is 15.7. The van der Waals surface area contributed by atoms with Crippen molar-refractivity contribution >= 4 is 58.1 Å². The largest absolute Gasteiger partial charge is 0.492 e. The molecule has 1 spiro atoms. The first kappa shape index (κ1) is 61.7. The second kappa shape index (κ2) is 28.4. The fourth-order valence-electron chi connectivity index (χ4n) is 13.1. The molecule has 2 aromatic carbocycles. The van der Waals surface area contributed by atoms with Crippen molar-refractivity contribution in [2.75, 3.05) is 133 Å². The maximum Gasteiger partial charge on any atom is 0.246 e. The smallest absolute Gasteiger partial charge is 0.246 e. The predicted molar refractivity (Wildman–Crippen MR) is 324 cm³/mol. The molecule has 6 fully saturated rings. The molecule has 20 nitrogen and oxygen atoms in total. The van der Waals surface area contributed by atoms with E-state index in [1.807, 2.05) is 11.0 Å². The van der Waals surface area contributed by atoms with Crippen molar-refractivity contribution in [2.45, 2.75) is 115 Å². The summed E-state index contributed by atoms with van der Waals surface area (Å²) >= 11 is 1.38. The molecular formula is C62H86F2N14O6S. The Kier molecular flexibility index (Phi) is 20.6. The van der Waals surface area contributed by atoms with Gasteiger partial charge in [0.15, 0.2) is 0 Å². The third-order valence-corrected chi connectivity index (χ3v) is 19.2. The van der Waals surface area contributed by atoms with Crippen LogP contribution in [-0.2, 0) is 25.7 Å². The molecule has 2 atom stereocenters. The number of ether oxygens (including phenoxy) is 1. The average Bonchev–Trinajstić information content (AvgIpc) is 4.33. The highest BCUT2D eigenvalue weighted by Crippen LogP contribution is 2.38. The molecule has 4 amide bonds. The molecule has 7 heterocycles. The first-order valence-electron chi connectivity index (χ1n) is 30.9. The number of hydrogen-bond donors (Lipinski definition) is 5. The molecule has 460 valence electrons. The van der Waals surface area contributed by atoms with Crippen molar-refractivity contribution in [2.24, 2.45) is 11.3 Å². The van der Waals surface area contributed by atoms with Crippen LogP contribution in [0.3, 0.4) is 0 Å². The van der Waals surface area contributed by atoms with Gasteiger partial charge in [0.2, 0.25) is 29.4 Å². The summed E-state index contributed by atoms with van der Waals surface area (Å²) in [6.45, 7) is 15.1. The lowest BCUT2D eigenvalue weighted by atomic mass is 9.82. The third kappa shape index (κ3) is 16.2. The van der Waals surface area contributed by atoms with Crippen molar-refractivity contribution in [3.05, 3.63) is 87.6 Å². The summed E-state index contributed by atoms with van der Waals surface area (Å²) < 4.78 is 37.3. The minimum atomic E-state index is -0.580. The van der Waals surface area contributed by atoms with Crippen molar-refractivity contribution < 1.29 is 37.5 Å². The fraction of sp³-hybridized carbons (Fsp3) is 0.613. The monoisotopic (exact) mass is 1190 g/mol. The van der Waals surface area contributed by atoms with Gasteiger partial charge in [-0.05, 0) is 101 Å². The predicted octanol–water partition coefficient (Wildman–Crippen LogP) is 5.60. The van der Waals surface area contributed by atoms with E-state index in [0.29, 0.717) is 99.2 Å². The maximum absolute atomic E-state index is 15.7. The molecule has 0 radical (unpaired) electrons. The number of amides is 4. The lowest BCUT2D eigenvalue weighted by Crippen LogP contribution is -2.66. The Hall–Kier alpha value is -6.40. The van der Waals surface area contributed by atoms with E-state index >= 15 is 8.78 Å². The van der Waals surface area contributed by atoms with Gasteiger partial charge in [0, 0.05) is 114 Å². The van der Waals surface area contributed by atoms with Gasteiger partial charge in [-0.3, -0.25) is 33.8 Å². The zero-order chi connectivity index (χ0) is 59.5. The van der Waals surface area contributed by atoms with Gasteiger partial charge in [-0.15, -0.1) is 11.3 Å². The summed E-state index contributed by atoms with van der Waals surface area (Å²) in [4.78, 5) is 93.0. The molecule has 6 aliphatic rings. The molecule has 5 N–H and O–H groups in total. The Morgan fingerprint density at radius 1 is 0.812 bits per heavy atom. The highest BCUT2D eigenvalue weighted by atomic mass is 32.1. The molecule has 1 aliphatic carbocycles. The SMILES string of the molecule is CNCC(=O)N[C@H](C(=O)N1CCC[C@H]1c1nc(C(=O)c2cccc(OCCNC(=O)CCN3CCN(CCNc4cc(N5CCC6(CC5)CN(c5cc(F)c(CN7CCC(C)(C)CC7)cc5F)CC(=O)N6)ncn4)CC3)c2)cs1)C1CCCCC1. The summed E-state index contributed by atoms with van der Waals surface area (Å²) in [6.07, 6.45) is 11.8. The highest BCUT2D eigenvalue weighted by Gasteiger charge is 2.43. The quantitative estimate of drug-likeness (QED) is 0.0452.